The second kappa shape index (κ2) is 6.18. The third kappa shape index (κ3) is 2.87. The lowest BCUT2D eigenvalue weighted by Gasteiger charge is -2.20. The van der Waals surface area contributed by atoms with E-state index in [4.69, 9.17) is 16.9 Å². The molecule has 0 atom stereocenters. The van der Waals surface area contributed by atoms with Gasteiger partial charge in [-0.2, -0.15) is 14.9 Å². The fourth-order valence-electron chi connectivity index (χ4n) is 2.43. The zero-order valence-corrected chi connectivity index (χ0v) is 13.4. The molecule has 2 heterocycles. The highest BCUT2D eigenvalue weighted by atomic mass is 35.5. The third-order valence-electron chi connectivity index (χ3n) is 3.47. The van der Waals surface area contributed by atoms with Gasteiger partial charge in [-0.05, 0) is 12.5 Å². The number of hydrogen-bond acceptors (Lipinski definition) is 4. The molecule has 0 saturated carbocycles. The Morgan fingerprint density at radius 2 is 2.25 bits per heavy atom. The fraction of sp³-hybridized carbons (Fsp3) is 0.125. The Labute approximate surface area is 142 Å². The Morgan fingerprint density at radius 1 is 1.46 bits per heavy atom. The molecule has 0 aliphatic carbocycles. The van der Waals surface area contributed by atoms with Gasteiger partial charge in [0.15, 0.2) is 5.65 Å². The number of amides is 1. The zero-order chi connectivity index (χ0) is 17.3. The molecular weight excluding hydrogens is 330 g/mol. The van der Waals surface area contributed by atoms with Crippen molar-refractivity contribution >= 4 is 29.2 Å². The molecule has 0 bridgehead atoms. The number of halogens is 1. The van der Waals surface area contributed by atoms with Gasteiger partial charge in [-0.25, -0.2) is 9.78 Å². The summed E-state index contributed by atoms with van der Waals surface area (Å²) in [6, 6.07) is 10.9. The average Bonchev–Trinajstić information content (AvgIpc) is 2.94. The quantitative estimate of drug-likeness (QED) is 0.738. The van der Waals surface area contributed by atoms with E-state index in [9.17, 15) is 9.90 Å². The lowest BCUT2D eigenvalue weighted by atomic mass is 10.1. The first-order chi connectivity index (χ1) is 11.5. The molecule has 0 saturated heterocycles. The van der Waals surface area contributed by atoms with Crippen molar-refractivity contribution in [2.45, 2.75) is 13.5 Å². The van der Waals surface area contributed by atoms with Crippen molar-refractivity contribution in [3.8, 4) is 6.07 Å². The molecule has 0 spiro atoms. The first-order valence-electron chi connectivity index (χ1n) is 7.00. The summed E-state index contributed by atoms with van der Waals surface area (Å²) in [7, 11) is 0. The number of rotatable bonds is 3. The maximum absolute atomic E-state index is 11.8. The van der Waals surface area contributed by atoms with E-state index < -0.39 is 6.09 Å². The molecule has 24 heavy (non-hydrogen) atoms. The molecule has 0 aliphatic rings. The molecule has 1 N–H and O–H groups in total. The molecule has 0 radical (unpaired) electrons. The summed E-state index contributed by atoms with van der Waals surface area (Å²) in [6.07, 6.45) is 0.170. The van der Waals surface area contributed by atoms with Gasteiger partial charge < -0.3 is 5.11 Å². The van der Waals surface area contributed by atoms with Gasteiger partial charge in [-0.15, -0.1) is 0 Å². The minimum atomic E-state index is -1.16. The summed E-state index contributed by atoms with van der Waals surface area (Å²) in [4.78, 5) is 16.9. The van der Waals surface area contributed by atoms with Crippen LogP contribution in [0, 0.1) is 18.3 Å². The highest BCUT2D eigenvalue weighted by Gasteiger charge is 2.21. The fourth-order valence-corrected chi connectivity index (χ4v) is 2.61. The largest absolute Gasteiger partial charge is 0.465 e. The number of carboxylic acid groups (broad SMARTS) is 1. The van der Waals surface area contributed by atoms with Crippen LogP contribution in [0.25, 0.3) is 5.65 Å². The Balaban J connectivity index is 2.12. The monoisotopic (exact) mass is 341 g/mol. The number of hydrogen-bond donors (Lipinski definition) is 1. The lowest BCUT2D eigenvalue weighted by Crippen LogP contribution is -2.30. The smallest absolute Gasteiger partial charge is 0.413 e. The lowest BCUT2D eigenvalue weighted by molar-refractivity contribution is 0.201. The van der Waals surface area contributed by atoms with Crippen LogP contribution in [0.1, 0.15) is 16.7 Å². The zero-order valence-electron chi connectivity index (χ0n) is 12.6. The number of aromatic nitrogens is 3. The summed E-state index contributed by atoms with van der Waals surface area (Å²) in [5.41, 5.74) is 2.29. The molecule has 120 valence electrons. The maximum atomic E-state index is 11.8. The predicted molar refractivity (Wildman–Crippen MR) is 88.1 cm³/mol. The summed E-state index contributed by atoms with van der Waals surface area (Å²) < 4.78 is 1.30. The van der Waals surface area contributed by atoms with E-state index in [1.54, 1.807) is 0 Å². The Bertz CT molecular complexity index is 976. The van der Waals surface area contributed by atoms with E-state index in [0.717, 1.165) is 16.0 Å². The van der Waals surface area contributed by atoms with Crippen molar-refractivity contribution < 1.29 is 9.90 Å². The third-order valence-corrected chi connectivity index (χ3v) is 3.67. The first kappa shape index (κ1) is 15.8. The standard InChI is InChI=1S/C16H12ClN5O2/c1-10-3-2-4-11(5-10)9-21(16(23)24)14-6-13(17)20-15-12(7-18)8-19-22(14)15/h2-6,8H,9H2,1H3,(H,23,24). The van der Waals surface area contributed by atoms with Crippen molar-refractivity contribution in [3.63, 3.8) is 0 Å². The van der Waals surface area contributed by atoms with Crippen molar-refractivity contribution in [3.05, 3.63) is 58.4 Å². The van der Waals surface area contributed by atoms with Crippen molar-refractivity contribution in [1.82, 2.24) is 14.6 Å². The molecular formula is C16H12ClN5O2. The van der Waals surface area contributed by atoms with Crippen LogP contribution in [0.2, 0.25) is 5.15 Å². The average molecular weight is 342 g/mol. The SMILES string of the molecule is Cc1cccc(CN(C(=O)O)c2cc(Cl)nc3c(C#N)cnn23)c1. The molecule has 3 aromatic rings. The Kier molecular flexibility index (Phi) is 4.06. The van der Waals surface area contributed by atoms with Gasteiger partial charge in [0.25, 0.3) is 0 Å². The Morgan fingerprint density at radius 3 is 2.92 bits per heavy atom. The number of carbonyl (C=O) groups is 1. The molecule has 0 fully saturated rings. The van der Waals surface area contributed by atoms with Crippen LogP contribution in [0.4, 0.5) is 10.6 Å². The highest BCUT2D eigenvalue weighted by Crippen LogP contribution is 2.24. The highest BCUT2D eigenvalue weighted by molar-refractivity contribution is 6.29. The van der Waals surface area contributed by atoms with Gasteiger partial charge in [0.05, 0.1) is 12.7 Å². The van der Waals surface area contributed by atoms with E-state index in [0.29, 0.717) is 0 Å². The van der Waals surface area contributed by atoms with E-state index >= 15 is 0 Å². The Hall–Kier alpha value is -3.11. The summed E-state index contributed by atoms with van der Waals surface area (Å²) in [5.74, 6) is 0.223. The molecule has 1 amide bonds. The van der Waals surface area contributed by atoms with Crippen molar-refractivity contribution in [2.24, 2.45) is 0 Å². The minimum absolute atomic E-state index is 0.0880. The molecule has 1 aromatic carbocycles. The van der Waals surface area contributed by atoms with Crippen molar-refractivity contribution in [1.29, 1.82) is 5.26 Å². The van der Waals surface area contributed by atoms with Crippen LogP contribution in [-0.4, -0.2) is 25.8 Å². The van der Waals surface area contributed by atoms with Crippen LogP contribution in [0.5, 0.6) is 0 Å². The number of nitrogens with zero attached hydrogens (tertiary/aromatic N) is 5. The summed E-state index contributed by atoms with van der Waals surface area (Å²) >= 11 is 6.01. The maximum Gasteiger partial charge on any atom is 0.413 e. The van der Waals surface area contributed by atoms with Gasteiger partial charge in [-0.1, -0.05) is 41.4 Å². The van der Waals surface area contributed by atoms with Gasteiger partial charge in [0, 0.05) is 6.07 Å². The molecule has 0 aliphatic heterocycles. The second-order valence-electron chi connectivity index (χ2n) is 5.20. The number of anilines is 1. The van der Waals surface area contributed by atoms with Crippen LogP contribution < -0.4 is 4.90 Å². The van der Waals surface area contributed by atoms with E-state index in [2.05, 4.69) is 10.1 Å². The van der Waals surface area contributed by atoms with Gasteiger partial charge in [0.2, 0.25) is 0 Å². The van der Waals surface area contributed by atoms with Gasteiger partial charge in [-0.3, -0.25) is 4.90 Å². The normalized spacial score (nSPS) is 10.5. The van der Waals surface area contributed by atoms with Crippen LogP contribution >= 0.6 is 11.6 Å². The molecule has 3 rings (SSSR count). The van der Waals surface area contributed by atoms with Crippen LogP contribution in [-0.2, 0) is 6.54 Å². The predicted octanol–water partition coefficient (Wildman–Crippen LogP) is 3.25. The molecule has 0 unspecified atom stereocenters. The number of benzene rings is 1. The number of fused-ring (bicyclic) bond motifs is 1. The topological polar surface area (TPSA) is 94.5 Å². The van der Waals surface area contributed by atoms with E-state index in [-0.39, 0.29) is 28.7 Å². The van der Waals surface area contributed by atoms with Crippen LogP contribution in [0.15, 0.2) is 36.5 Å². The minimum Gasteiger partial charge on any atom is -0.465 e. The second-order valence-corrected chi connectivity index (χ2v) is 5.59. The summed E-state index contributed by atoms with van der Waals surface area (Å²) in [6.45, 7) is 2.05. The van der Waals surface area contributed by atoms with Crippen LogP contribution in [0.3, 0.4) is 0 Å². The molecule has 8 heteroatoms. The molecule has 2 aromatic heterocycles. The van der Waals surface area contributed by atoms with Crippen molar-refractivity contribution in [2.75, 3.05) is 4.90 Å². The van der Waals surface area contributed by atoms with Gasteiger partial charge >= 0.3 is 6.09 Å². The summed E-state index contributed by atoms with van der Waals surface area (Å²) in [5, 5.41) is 22.9. The number of aryl methyl sites for hydroxylation is 1. The van der Waals surface area contributed by atoms with E-state index in [1.807, 2.05) is 37.3 Å². The molecule has 7 nitrogen and oxygen atoms in total. The van der Waals surface area contributed by atoms with E-state index in [1.165, 1.54) is 16.8 Å². The number of nitriles is 1. The van der Waals surface area contributed by atoms with Gasteiger partial charge in [0.1, 0.15) is 22.6 Å². The first-order valence-corrected chi connectivity index (χ1v) is 7.38.